The minimum Gasteiger partial charge on any atom is -0.391 e. The summed E-state index contributed by atoms with van der Waals surface area (Å²) in [6.45, 7) is 3.01. The molecular formula is C10H11ClF3N3O. The molecule has 1 rings (SSSR count). The molecule has 0 atom stereocenters. The van der Waals surface area contributed by atoms with Gasteiger partial charge in [-0.05, 0) is 23.6 Å². The summed E-state index contributed by atoms with van der Waals surface area (Å²) in [6.07, 6.45) is -5.66. The van der Waals surface area contributed by atoms with Crippen molar-refractivity contribution in [3.8, 4) is 0 Å². The third-order valence-electron chi connectivity index (χ3n) is 2.22. The Morgan fingerprint density at radius 3 is 2.50 bits per heavy atom. The van der Waals surface area contributed by atoms with Gasteiger partial charge in [-0.15, -0.1) is 0 Å². The topological polar surface area (TPSA) is 72.0 Å². The second kappa shape index (κ2) is 5.53. The van der Waals surface area contributed by atoms with Crippen LogP contribution in [0.1, 0.15) is 24.1 Å². The Morgan fingerprint density at radius 1 is 1.39 bits per heavy atom. The maximum atomic E-state index is 12.1. The predicted molar refractivity (Wildman–Crippen MR) is 61.7 cm³/mol. The van der Waals surface area contributed by atoms with Crippen LogP contribution in [0.25, 0.3) is 5.57 Å². The van der Waals surface area contributed by atoms with Crippen molar-refractivity contribution in [2.24, 2.45) is 0 Å². The largest absolute Gasteiger partial charge is 0.391 e. The molecule has 0 unspecified atom stereocenters. The quantitative estimate of drug-likeness (QED) is 0.832. The van der Waals surface area contributed by atoms with Gasteiger partial charge in [-0.3, -0.25) is 0 Å². The van der Waals surface area contributed by atoms with Gasteiger partial charge in [-0.1, -0.05) is 6.58 Å². The summed E-state index contributed by atoms with van der Waals surface area (Å²) in [4.78, 5) is 7.36. The summed E-state index contributed by atoms with van der Waals surface area (Å²) >= 11 is 5.57. The van der Waals surface area contributed by atoms with E-state index in [0.29, 0.717) is 0 Å². The summed E-state index contributed by atoms with van der Waals surface area (Å²) in [5.74, 6) is -0.0688. The van der Waals surface area contributed by atoms with Gasteiger partial charge in [-0.2, -0.15) is 13.2 Å². The normalized spacial score (nSPS) is 11.6. The lowest BCUT2D eigenvalue weighted by Crippen LogP contribution is -2.09. The van der Waals surface area contributed by atoms with E-state index in [0.717, 1.165) is 0 Å². The molecule has 0 saturated carbocycles. The molecule has 0 aliphatic rings. The van der Waals surface area contributed by atoms with E-state index in [1.807, 2.05) is 0 Å². The Hall–Kier alpha value is -1.34. The number of halogens is 4. The summed E-state index contributed by atoms with van der Waals surface area (Å²) in [5.41, 5.74) is 5.80. The van der Waals surface area contributed by atoms with Crippen LogP contribution in [-0.2, 0) is 6.61 Å². The second-order valence-electron chi connectivity index (χ2n) is 3.58. The first-order valence-corrected chi connectivity index (χ1v) is 5.30. The highest BCUT2D eigenvalue weighted by Crippen LogP contribution is 2.29. The van der Waals surface area contributed by atoms with Gasteiger partial charge in [-0.25, -0.2) is 9.97 Å². The van der Waals surface area contributed by atoms with Crippen molar-refractivity contribution in [3.05, 3.63) is 23.1 Å². The fraction of sp³-hybridized carbons (Fsp3) is 0.400. The Balaban J connectivity index is 2.98. The van der Waals surface area contributed by atoms with Crippen LogP contribution < -0.4 is 5.73 Å². The van der Waals surface area contributed by atoms with Gasteiger partial charge >= 0.3 is 6.18 Å². The molecule has 0 spiro atoms. The molecule has 4 nitrogen and oxygen atoms in total. The van der Waals surface area contributed by atoms with Gasteiger partial charge in [0.15, 0.2) is 0 Å². The third kappa shape index (κ3) is 3.85. The molecule has 0 saturated heterocycles. The number of allylic oxidation sites excluding steroid dienone is 1. The van der Waals surface area contributed by atoms with Crippen molar-refractivity contribution in [2.45, 2.75) is 25.6 Å². The number of nitrogen functional groups attached to an aromatic ring is 1. The molecule has 0 fully saturated rings. The van der Waals surface area contributed by atoms with Crippen LogP contribution >= 0.6 is 11.6 Å². The number of hydrogen-bond acceptors (Lipinski definition) is 4. The number of nitrogens with zero attached hydrogens (tertiary/aromatic N) is 2. The van der Waals surface area contributed by atoms with Crippen LogP contribution in [0.4, 0.5) is 19.0 Å². The minimum atomic E-state index is -4.29. The smallest absolute Gasteiger partial charge is 0.389 e. The fourth-order valence-corrected chi connectivity index (χ4v) is 1.51. The molecule has 18 heavy (non-hydrogen) atoms. The SMILES string of the molecule is C=C(CCC(F)(F)F)c1nc(Cl)nc(N)c1CO. The summed E-state index contributed by atoms with van der Waals surface area (Å²) in [6, 6.07) is 0. The highest BCUT2D eigenvalue weighted by molar-refractivity contribution is 6.28. The first-order valence-electron chi connectivity index (χ1n) is 4.92. The molecule has 0 aliphatic carbocycles. The van der Waals surface area contributed by atoms with E-state index in [-0.39, 0.29) is 34.4 Å². The second-order valence-corrected chi connectivity index (χ2v) is 3.92. The summed E-state index contributed by atoms with van der Waals surface area (Å²) < 4.78 is 36.3. The van der Waals surface area contributed by atoms with Gasteiger partial charge in [0.25, 0.3) is 0 Å². The van der Waals surface area contributed by atoms with Crippen LogP contribution in [0.5, 0.6) is 0 Å². The number of rotatable bonds is 4. The van der Waals surface area contributed by atoms with Gasteiger partial charge in [0.05, 0.1) is 12.3 Å². The van der Waals surface area contributed by atoms with E-state index in [4.69, 9.17) is 22.4 Å². The average Bonchev–Trinajstić information content (AvgIpc) is 2.24. The predicted octanol–water partition coefficient (Wildman–Crippen LogP) is 2.56. The summed E-state index contributed by atoms with van der Waals surface area (Å²) in [5, 5.41) is 8.90. The monoisotopic (exact) mass is 281 g/mol. The van der Waals surface area contributed by atoms with E-state index in [1.54, 1.807) is 0 Å². The molecule has 0 aliphatic heterocycles. The molecule has 0 bridgehead atoms. The number of aromatic nitrogens is 2. The summed E-state index contributed by atoms with van der Waals surface area (Å²) in [7, 11) is 0. The zero-order chi connectivity index (χ0) is 13.9. The van der Waals surface area contributed by atoms with E-state index < -0.39 is 19.2 Å². The average molecular weight is 282 g/mol. The molecule has 100 valence electrons. The molecule has 1 aromatic heterocycles. The van der Waals surface area contributed by atoms with Crippen LogP contribution in [-0.4, -0.2) is 21.3 Å². The fourth-order valence-electron chi connectivity index (χ4n) is 1.33. The zero-order valence-electron chi connectivity index (χ0n) is 9.26. The van der Waals surface area contributed by atoms with E-state index >= 15 is 0 Å². The highest BCUT2D eigenvalue weighted by atomic mass is 35.5. The third-order valence-corrected chi connectivity index (χ3v) is 2.38. The zero-order valence-corrected chi connectivity index (χ0v) is 10.0. The number of hydrogen-bond donors (Lipinski definition) is 2. The number of alkyl halides is 3. The number of aliphatic hydroxyl groups is 1. The van der Waals surface area contributed by atoms with Crippen LogP contribution in [0.15, 0.2) is 6.58 Å². The maximum Gasteiger partial charge on any atom is 0.389 e. The van der Waals surface area contributed by atoms with Crippen molar-refractivity contribution >= 4 is 23.0 Å². The van der Waals surface area contributed by atoms with E-state index in [1.165, 1.54) is 0 Å². The Kier molecular flexibility index (Phi) is 4.53. The highest BCUT2D eigenvalue weighted by Gasteiger charge is 2.27. The Labute approximate surface area is 106 Å². The van der Waals surface area contributed by atoms with E-state index in [2.05, 4.69) is 16.5 Å². The van der Waals surface area contributed by atoms with Gasteiger partial charge < -0.3 is 10.8 Å². The van der Waals surface area contributed by atoms with Crippen LogP contribution in [0.3, 0.4) is 0 Å². The lowest BCUT2D eigenvalue weighted by Gasteiger charge is -2.12. The van der Waals surface area contributed by atoms with Gasteiger partial charge in [0.2, 0.25) is 5.28 Å². The van der Waals surface area contributed by atoms with Crippen molar-refractivity contribution in [2.75, 3.05) is 5.73 Å². The van der Waals surface area contributed by atoms with Crippen molar-refractivity contribution in [1.29, 1.82) is 0 Å². The molecule has 1 aromatic rings. The van der Waals surface area contributed by atoms with Crippen LogP contribution in [0, 0.1) is 0 Å². The molecule has 8 heteroatoms. The van der Waals surface area contributed by atoms with Crippen molar-refractivity contribution in [3.63, 3.8) is 0 Å². The molecule has 0 amide bonds. The molecule has 3 N–H and O–H groups in total. The minimum absolute atomic E-state index is 0.0688. The molecule has 0 radical (unpaired) electrons. The van der Waals surface area contributed by atoms with E-state index in [9.17, 15) is 13.2 Å². The Morgan fingerprint density at radius 2 is 2.00 bits per heavy atom. The van der Waals surface area contributed by atoms with Crippen molar-refractivity contribution < 1.29 is 18.3 Å². The maximum absolute atomic E-state index is 12.1. The van der Waals surface area contributed by atoms with Gasteiger partial charge in [0, 0.05) is 12.0 Å². The first kappa shape index (κ1) is 14.7. The Bertz CT molecular complexity index is 462. The number of nitrogens with two attached hydrogens (primary N) is 1. The lowest BCUT2D eigenvalue weighted by molar-refractivity contribution is -0.133. The lowest BCUT2D eigenvalue weighted by atomic mass is 10.0. The standard InChI is InChI=1S/C10H11ClF3N3O/c1-5(2-3-10(12,13)14)7-6(4-18)8(15)17-9(11)16-7/h18H,1-4H2,(H2,15,16,17). The van der Waals surface area contributed by atoms with Crippen LogP contribution in [0.2, 0.25) is 5.28 Å². The van der Waals surface area contributed by atoms with Gasteiger partial charge in [0.1, 0.15) is 5.82 Å². The number of anilines is 1. The number of aliphatic hydroxyl groups excluding tert-OH is 1. The molecular weight excluding hydrogens is 271 g/mol. The first-order chi connectivity index (χ1) is 8.24. The van der Waals surface area contributed by atoms with Crippen molar-refractivity contribution in [1.82, 2.24) is 9.97 Å². The molecule has 0 aromatic carbocycles. The molecule has 1 heterocycles.